The minimum Gasteiger partial charge on any atom is -0.479 e. The number of aliphatic hydroxyl groups excluding tert-OH is 10. The normalized spacial score (nSPS) is 38.1. The molecule has 5 heterocycles. The van der Waals surface area contributed by atoms with Crippen LogP contribution < -0.4 is 31.9 Å². The number of aliphatic hydroxyl groups is 10. The van der Waals surface area contributed by atoms with Gasteiger partial charge >= 0.3 is 5.97 Å². The molecule has 17 N–H and O–H groups in total. The van der Waals surface area contributed by atoms with Crippen molar-refractivity contribution in [1.82, 2.24) is 36.8 Å². The van der Waals surface area contributed by atoms with Crippen molar-refractivity contribution in [1.29, 1.82) is 0 Å². The van der Waals surface area contributed by atoms with Crippen LogP contribution in [-0.4, -0.2) is 333 Å². The Kier molecular flexibility index (Phi) is 35.2. The van der Waals surface area contributed by atoms with Gasteiger partial charge in [0.1, 0.15) is 115 Å². The molecule has 7 fully saturated rings. The summed E-state index contributed by atoms with van der Waals surface area (Å²) in [5.74, 6) is -5.18. The van der Waals surface area contributed by atoms with E-state index in [-0.39, 0.29) is 62.4 Å². The van der Waals surface area contributed by atoms with E-state index in [2.05, 4.69) is 31.9 Å². The highest BCUT2D eigenvalue weighted by molar-refractivity contribution is 5.83. The van der Waals surface area contributed by atoms with Crippen molar-refractivity contribution in [2.45, 2.75) is 310 Å². The second-order valence-electron chi connectivity index (χ2n) is 27.9. The zero-order chi connectivity index (χ0) is 76.3. The lowest BCUT2D eigenvalue weighted by Gasteiger charge is -2.49. The molecule has 0 aromatic heterocycles. The Balaban J connectivity index is 0.000000324. The van der Waals surface area contributed by atoms with Crippen molar-refractivity contribution in [3.8, 4) is 0 Å². The first-order valence-electron chi connectivity index (χ1n) is 36.0. The van der Waals surface area contributed by atoms with Crippen LogP contribution in [0, 0.1) is 11.8 Å². The minimum atomic E-state index is -1.72. The summed E-state index contributed by atoms with van der Waals surface area (Å²) in [6.07, 6.45) is -29.0. The zero-order valence-corrected chi connectivity index (χ0v) is 60.5. The first-order chi connectivity index (χ1) is 48.8. The molecule has 5 amide bonds. The van der Waals surface area contributed by atoms with Crippen LogP contribution in [0.5, 0.6) is 0 Å². The molecular formula is C67H115N7O29. The van der Waals surface area contributed by atoms with Gasteiger partial charge in [0.15, 0.2) is 31.3 Å². The second-order valence-corrected chi connectivity index (χ2v) is 27.9. The van der Waals surface area contributed by atoms with Crippen LogP contribution >= 0.6 is 0 Å². The zero-order valence-electron chi connectivity index (χ0n) is 60.5. The first kappa shape index (κ1) is 87.2. The predicted molar refractivity (Wildman–Crippen MR) is 356 cm³/mol. The van der Waals surface area contributed by atoms with Gasteiger partial charge in [0.05, 0.1) is 49.7 Å². The average molecular weight is 1480 g/mol. The third-order valence-corrected chi connectivity index (χ3v) is 19.8. The summed E-state index contributed by atoms with van der Waals surface area (Å²) in [4.78, 5) is 104. The molecule has 2 saturated carbocycles. The van der Waals surface area contributed by atoms with E-state index in [1.54, 1.807) is 25.9 Å². The van der Waals surface area contributed by atoms with Crippen LogP contribution in [0.3, 0.4) is 0 Å². The molecule has 5 aliphatic heterocycles. The van der Waals surface area contributed by atoms with E-state index >= 15 is 0 Å². The number of rotatable bonds is 34. The van der Waals surface area contributed by atoms with Crippen molar-refractivity contribution >= 4 is 47.1 Å². The van der Waals surface area contributed by atoms with Crippen molar-refractivity contribution in [3.63, 3.8) is 0 Å². The number of carbonyl (C=O) groups excluding carboxylic acids is 7. The third-order valence-electron chi connectivity index (χ3n) is 19.8. The molecule has 36 nitrogen and oxygen atoms in total. The molecule has 12 unspecified atom stereocenters. The number of carboxylic acid groups (broad SMARTS) is 1. The van der Waals surface area contributed by atoms with Gasteiger partial charge in [0.25, 0.3) is 5.91 Å². The Bertz CT molecular complexity index is 2710. The third kappa shape index (κ3) is 23.6. The molecule has 103 heavy (non-hydrogen) atoms. The molecule has 36 heteroatoms. The first-order valence-corrected chi connectivity index (χ1v) is 36.0. The summed E-state index contributed by atoms with van der Waals surface area (Å²) in [6.45, 7) is 12.5. The molecule has 5 saturated heterocycles. The van der Waals surface area contributed by atoms with Crippen molar-refractivity contribution in [2.75, 3.05) is 53.5 Å². The summed E-state index contributed by atoms with van der Waals surface area (Å²) in [6, 6.07) is -4.40. The van der Waals surface area contributed by atoms with Gasteiger partial charge < -0.3 is 140 Å². The van der Waals surface area contributed by atoms with Crippen molar-refractivity contribution < 1.29 is 142 Å². The highest BCUT2D eigenvalue weighted by Crippen LogP contribution is 2.40. The molecule has 30 atom stereocenters. The molecule has 7 rings (SSSR count). The Morgan fingerprint density at radius 2 is 0.854 bits per heavy atom. The van der Waals surface area contributed by atoms with Gasteiger partial charge in [-0.25, -0.2) is 4.79 Å². The number of amides is 5. The summed E-state index contributed by atoms with van der Waals surface area (Å²) in [5, 5.41) is 133. The number of aliphatic carboxylic acids is 1. The van der Waals surface area contributed by atoms with Crippen molar-refractivity contribution in [3.05, 3.63) is 0 Å². The van der Waals surface area contributed by atoms with Gasteiger partial charge in [-0.2, -0.15) is 0 Å². The minimum absolute atomic E-state index is 0.0131. The Labute approximate surface area is 599 Å². The number of carboxylic acids is 1. The predicted octanol–water partition coefficient (Wildman–Crippen LogP) is -5.27. The molecule has 0 spiro atoms. The second kappa shape index (κ2) is 41.6. The highest BCUT2D eigenvalue weighted by Gasteiger charge is 2.56. The maximum atomic E-state index is 13.6. The standard InChI is InChI=1S/C35H60N4O14.C32H55N3O15/c1-6-9-23(33(48)39-12-8-13-39)50-32-26(38-19(4)42)34(52-25(16-40)28(32)45)51-24-15-20(22(43)10-7-11-36-5)14-21(37-18(3)41)31(24)53-35-30(47)29(46)27(44)17(2)49-35;1-6-8-20(30(44)45)47-29-23(35-16(4)38)31(49-22(13-36)25(29)41)48-21-12-17(19(39)9-7-10-33-5)11-18(34-15(3)37)28(21)50-32-27(43)26(42)24(40)14(2)46-32/h17,20-21,23-32,34-36,40,44-47H,6-16H2,1-5H3,(H,37,41)(H,38,42);14,17-18,20-29,31-33,36,40-43H,6-13H2,1-5H3,(H,34,37)(H,35,38)(H,44,45)/t17?,20?,21?,23-,24+,25-,26?,27+,28-,29-,30?,31+,32?,34+,35-;14?,17?,18?,20-,21+,22-,23?,24+,25-,26-,27?,28+,29?,31+,32-/m00/s1. The van der Waals surface area contributed by atoms with Crippen LogP contribution in [0.4, 0.5) is 0 Å². The number of hydrogen-bond donors (Lipinski definition) is 17. The molecule has 0 aromatic rings. The SMILES string of the molecule is CCC[C@H](OC1C(NC(C)=O)[C@H](O[C@@H]2CC(C(=O)CCCNC)CC(NC(C)=O)[C@H]2O[C@@H]2OC(C)[C@@H](O)[C@H](O)C2O)O[C@@H](CO)[C@@H]1O)C(=O)N1CCC1.CCC[C@H](OC1C(NC(C)=O)[C@H](O[C@@H]2CC(C(=O)CCCNC)CC(NC(C)=O)[C@H]2O[C@@H]2OC(C)[C@@H](O)[C@H](O)C2O)O[C@@H](CO)[C@@H]1O)C(=O)O. The van der Waals surface area contributed by atoms with Crippen LogP contribution in [0.15, 0.2) is 0 Å². The van der Waals surface area contributed by atoms with E-state index in [0.29, 0.717) is 58.3 Å². The van der Waals surface area contributed by atoms with Crippen molar-refractivity contribution in [2.24, 2.45) is 11.8 Å². The van der Waals surface area contributed by atoms with E-state index in [4.69, 9.17) is 47.4 Å². The number of carbonyl (C=O) groups is 8. The maximum absolute atomic E-state index is 13.6. The molecule has 0 radical (unpaired) electrons. The van der Waals surface area contributed by atoms with Crippen LogP contribution in [0.25, 0.3) is 0 Å². The largest absolute Gasteiger partial charge is 0.479 e. The number of hydrogen-bond acceptors (Lipinski definition) is 30. The van der Waals surface area contributed by atoms with E-state index in [1.165, 1.54) is 41.5 Å². The van der Waals surface area contributed by atoms with E-state index in [0.717, 1.165) is 6.42 Å². The summed E-state index contributed by atoms with van der Waals surface area (Å²) in [5.41, 5.74) is 0. The number of Topliss-reactive ketones (excluding diaryl/α,β-unsaturated/α-hetero) is 2. The number of ketones is 2. The molecule has 7 aliphatic rings. The Hall–Kier alpha value is -4.72. The quantitative estimate of drug-likeness (QED) is 0.0268. The fraction of sp³-hybridized carbons (Fsp3) is 0.881. The lowest BCUT2D eigenvalue weighted by atomic mass is 9.78. The number of nitrogens with zero attached hydrogens (tertiary/aromatic N) is 1. The van der Waals surface area contributed by atoms with Gasteiger partial charge in [0.2, 0.25) is 23.6 Å². The van der Waals surface area contributed by atoms with E-state index in [9.17, 15) is 94.5 Å². The van der Waals surface area contributed by atoms with E-state index < -0.39 is 226 Å². The number of ether oxygens (including phenoxy) is 10. The van der Waals surface area contributed by atoms with Crippen LogP contribution in [0.1, 0.15) is 139 Å². The van der Waals surface area contributed by atoms with Gasteiger partial charge in [-0.15, -0.1) is 0 Å². The Morgan fingerprint density at radius 1 is 0.476 bits per heavy atom. The summed E-state index contributed by atoms with van der Waals surface area (Å²) >= 11 is 0. The fourth-order valence-corrected chi connectivity index (χ4v) is 14.2. The summed E-state index contributed by atoms with van der Waals surface area (Å²) < 4.78 is 61.2. The van der Waals surface area contributed by atoms with Gasteiger partial charge in [-0.3, -0.25) is 33.6 Å². The number of nitrogens with one attached hydrogen (secondary N) is 6. The molecule has 592 valence electrons. The molecule has 2 aliphatic carbocycles. The molecular weight excluding hydrogens is 1370 g/mol. The van der Waals surface area contributed by atoms with Gasteiger partial charge in [0, 0.05) is 65.5 Å². The topological polar surface area (TPSA) is 527 Å². The fourth-order valence-electron chi connectivity index (χ4n) is 14.2. The lowest BCUT2D eigenvalue weighted by molar-refractivity contribution is -0.335. The summed E-state index contributed by atoms with van der Waals surface area (Å²) in [7, 11) is 3.53. The van der Waals surface area contributed by atoms with Gasteiger partial charge in [-0.05, 0) is 98.8 Å². The van der Waals surface area contributed by atoms with Crippen LogP contribution in [0.2, 0.25) is 0 Å². The molecule has 0 bridgehead atoms. The number of likely N-dealkylation sites (tertiary alicyclic amines) is 1. The highest BCUT2D eigenvalue weighted by atomic mass is 16.7. The average Bonchev–Trinajstić information content (AvgIpc) is 0.780. The van der Waals surface area contributed by atoms with Gasteiger partial charge in [-0.1, -0.05) is 26.7 Å². The van der Waals surface area contributed by atoms with Crippen LogP contribution in [-0.2, 0) is 85.7 Å². The monoisotopic (exact) mass is 1480 g/mol. The maximum Gasteiger partial charge on any atom is 0.332 e. The lowest BCUT2D eigenvalue weighted by Crippen LogP contribution is -2.68. The molecule has 0 aromatic carbocycles. The van der Waals surface area contributed by atoms with E-state index in [1.807, 2.05) is 6.92 Å². The smallest absolute Gasteiger partial charge is 0.332 e. The Morgan fingerprint density at radius 3 is 1.18 bits per heavy atom.